The number of aryl methyl sites for hydroxylation is 1. The molecule has 0 saturated carbocycles. The Balaban J connectivity index is 1.29. The molecule has 0 amide bonds. The minimum Gasteiger partial charge on any atom is -0.507 e. The molecule has 2 aliphatic heterocycles. The van der Waals surface area contributed by atoms with Crippen LogP contribution in [0.4, 0.5) is 0 Å². The number of nitrogens with zero attached hydrogens (tertiary/aromatic N) is 3. The molecule has 1 unspecified atom stereocenters. The number of phenolic OH excluding ortho intramolecular Hbond substituents is 1. The second-order valence-electron chi connectivity index (χ2n) is 20.1. The Morgan fingerprint density at radius 3 is 2.17 bits per heavy atom. The molecule has 6 bridgehead atoms. The lowest BCUT2D eigenvalue weighted by Gasteiger charge is -2.26. The molecular weight excluding hydrogens is 803 g/mol. The Labute approximate surface area is 402 Å². The smallest absolute Gasteiger partial charge is 0.149 e. The van der Waals surface area contributed by atoms with Gasteiger partial charge in [-0.2, -0.15) is 0 Å². The van der Waals surface area contributed by atoms with E-state index < -0.39 is 25.0 Å². The van der Waals surface area contributed by atoms with Crippen LogP contribution in [0.1, 0.15) is 118 Å². The SMILES string of the molecule is [2H]c1c([2H])c([2H])c(-c2ccnc(-c3cc(-c4cccc5c4nc4n5-c5ccc(cc5C([2H])([2H])[2H])-c5c(cccc5C(C)(C)C)-c5cccc(c5)C(C)c5cc-4c(O)c(C(C)C)c5)cc(C(C)(C)C)c3)c2)c([2H])c1[2H]. The van der Waals surface area contributed by atoms with Gasteiger partial charge in [-0.25, -0.2) is 4.98 Å². The molecule has 0 saturated heterocycles. The number of aromatic hydroxyl groups is 1. The first kappa shape index (κ1) is 34.3. The fourth-order valence-electron chi connectivity index (χ4n) is 9.58. The zero-order valence-electron chi connectivity index (χ0n) is 47.1. The van der Waals surface area contributed by atoms with Crippen LogP contribution in [-0.2, 0) is 10.8 Å². The molecule has 328 valence electrons. The highest BCUT2D eigenvalue weighted by molar-refractivity contribution is 5.97. The summed E-state index contributed by atoms with van der Waals surface area (Å²) in [6, 6.07) is 38.4. The number of para-hydroxylation sites is 1. The molecule has 2 aromatic heterocycles. The van der Waals surface area contributed by atoms with Crippen molar-refractivity contribution in [3.8, 4) is 78.6 Å². The second kappa shape index (κ2) is 16.1. The molecule has 4 heterocycles. The summed E-state index contributed by atoms with van der Waals surface area (Å²) in [5.41, 5.74) is 13.6. The summed E-state index contributed by atoms with van der Waals surface area (Å²) < 4.78 is 72.0. The Kier molecular flexibility index (Phi) is 8.39. The second-order valence-corrected chi connectivity index (χ2v) is 20.1. The highest BCUT2D eigenvalue weighted by Gasteiger charge is 2.28. The van der Waals surface area contributed by atoms with Crippen molar-refractivity contribution in [2.45, 2.75) is 91.8 Å². The Morgan fingerprint density at radius 1 is 0.652 bits per heavy atom. The van der Waals surface area contributed by atoms with Crippen LogP contribution in [0.25, 0.3) is 83.9 Å². The average Bonchev–Trinajstić information content (AvgIpc) is 3.75. The van der Waals surface area contributed by atoms with Gasteiger partial charge >= 0.3 is 0 Å². The molecule has 66 heavy (non-hydrogen) atoms. The van der Waals surface area contributed by atoms with E-state index >= 15 is 0 Å². The number of hydrogen-bond acceptors (Lipinski definition) is 3. The van der Waals surface area contributed by atoms with Crippen molar-refractivity contribution in [3.63, 3.8) is 0 Å². The van der Waals surface area contributed by atoms with Crippen molar-refractivity contribution in [3.05, 3.63) is 191 Å². The summed E-state index contributed by atoms with van der Waals surface area (Å²) in [6.45, 7) is 16.6. The van der Waals surface area contributed by atoms with Crippen molar-refractivity contribution in [1.29, 1.82) is 0 Å². The van der Waals surface area contributed by atoms with Crippen LogP contribution < -0.4 is 0 Å². The first-order valence-electron chi connectivity index (χ1n) is 26.8. The van der Waals surface area contributed by atoms with E-state index in [0.29, 0.717) is 39.4 Å². The van der Waals surface area contributed by atoms with Crippen LogP contribution in [0.5, 0.6) is 5.75 Å². The molecule has 2 aliphatic rings. The number of benzene rings is 7. The largest absolute Gasteiger partial charge is 0.507 e. The third-order valence-corrected chi connectivity index (χ3v) is 13.3. The lowest BCUT2D eigenvalue weighted by molar-refractivity contribution is 0.466. The molecule has 0 spiro atoms. The number of pyridine rings is 1. The average molecular weight is 870 g/mol. The Hall–Kier alpha value is -7.04. The van der Waals surface area contributed by atoms with Gasteiger partial charge in [-0.15, -0.1) is 0 Å². The number of imidazole rings is 1. The molecular formula is C62H59N3O. The van der Waals surface area contributed by atoms with E-state index in [2.05, 4.69) is 123 Å². The minimum absolute atomic E-state index is 0.0727. The molecule has 0 fully saturated rings. The minimum atomic E-state index is -2.59. The predicted molar refractivity (Wildman–Crippen MR) is 277 cm³/mol. The van der Waals surface area contributed by atoms with Gasteiger partial charge in [0, 0.05) is 27.4 Å². The van der Waals surface area contributed by atoms with Crippen molar-refractivity contribution in [2.24, 2.45) is 0 Å². The van der Waals surface area contributed by atoms with Gasteiger partial charge in [0.2, 0.25) is 0 Å². The number of aromatic nitrogens is 3. The summed E-state index contributed by atoms with van der Waals surface area (Å²) >= 11 is 0. The van der Waals surface area contributed by atoms with Crippen LogP contribution in [-0.4, -0.2) is 19.6 Å². The van der Waals surface area contributed by atoms with Gasteiger partial charge in [0.05, 0.1) is 34.8 Å². The van der Waals surface area contributed by atoms with E-state index in [0.717, 1.165) is 66.8 Å². The molecule has 1 atom stereocenters. The quantitative estimate of drug-likeness (QED) is 0.192. The van der Waals surface area contributed by atoms with E-state index in [1.807, 2.05) is 53.1 Å². The van der Waals surface area contributed by atoms with Crippen LogP contribution in [0, 0.1) is 6.85 Å². The van der Waals surface area contributed by atoms with Gasteiger partial charge in [0.15, 0.2) is 0 Å². The van der Waals surface area contributed by atoms with Crippen LogP contribution >= 0.6 is 0 Å². The molecule has 4 nitrogen and oxygen atoms in total. The topological polar surface area (TPSA) is 50.9 Å². The third-order valence-electron chi connectivity index (χ3n) is 13.3. The maximum absolute atomic E-state index is 12.6. The van der Waals surface area contributed by atoms with E-state index in [-0.39, 0.29) is 51.6 Å². The van der Waals surface area contributed by atoms with Gasteiger partial charge in [0.25, 0.3) is 0 Å². The molecule has 4 heteroatoms. The van der Waals surface area contributed by atoms with Crippen molar-refractivity contribution < 1.29 is 16.1 Å². The molecule has 7 aromatic carbocycles. The van der Waals surface area contributed by atoms with Gasteiger partial charge in [-0.05, 0) is 144 Å². The number of fused-ring (bicyclic) bond motifs is 3. The van der Waals surface area contributed by atoms with Crippen molar-refractivity contribution in [1.82, 2.24) is 14.5 Å². The van der Waals surface area contributed by atoms with Crippen LogP contribution in [0.15, 0.2) is 158 Å². The molecule has 0 aliphatic carbocycles. The molecule has 9 aromatic rings. The molecule has 0 radical (unpaired) electrons. The summed E-state index contributed by atoms with van der Waals surface area (Å²) in [5, 5.41) is 12.6. The van der Waals surface area contributed by atoms with Crippen molar-refractivity contribution in [2.75, 3.05) is 0 Å². The fourth-order valence-corrected chi connectivity index (χ4v) is 9.58. The highest BCUT2D eigenvalue weighted by Crippen LogP contribution is 2.47. The first-order chi connectivity index (χ1) is 34.8. The van der Waals surface area contributed by atoms with E-state index in [1.54, 1.807) is 18.3 Å². The maximum atomic E-state index is 12.6. The normalized spacial score (nSPS) is 15.6. The summed E-state index contributed by atoms with van der Waals surface area (Å²) in [6.07, 6.45) is 1.59. The van der Waals surface area contributed by atoms with Crippen LogP contribution in [0.3, 0.4) is 0 Å². The first-order valence-corrected chi connectivity index (χ1v) is 22.8. The number of rotatable bonds is 4. The van der Waals surface area contributed by atoms with Crippen LogP contribution in [0.2, 0.25) is 0 Å². The summed E-state index contributed by atoms with van der Waals surface area (Å²) in [5.74, 6) is 0.271. The van der Waals surface area contributed by atoms with Gasteiger partial charge in [-0.3, -0.25) is 9.55 Å². The summed E-state index contributed by atoms with van der Waals surface area (Å²) in [7, 11) is 0. The lowest BCUT2D eigenvalue weighted by Crippen LogP contribution is -2.13. The van der Waals surface area contributed by atoms with E-state index in [1.165, 1.54) is 0 Å². The van der Waals surface area contributed by atoms with Gasteiger partial charge < -0.3 is 5.11 Å². The van der Waals surface area contributed by atoms with E-state index in [9.17, 15) is 9.22 Å². The number of hydrogen-bond donors (Lipinski definition) is 1. The van der Waals surface area contributed by atoms with Crippen molar-refractivity contribution >= 4 is 11.0 Å². The zero-order chi connectivity index (χ0) is 53.1. The zero-order valence-corrected chi connectivity index (χ0v) is 39.1. The predicted octanol–water partition coefficient (Wildman–Crippen LogP) is 16.6. The van der Waals surface area contributed by atoms with Gasteiger partial charge in [-0.1, -0.05) is 165 Å². The van der Waals surface area contributed by atoms with E-state index in [4.69, 9.17) is 16.8 Å². The highest BCUT2D eigenvalue weighted by atomic mass is 16.3. The number of phenols is 1. The lowest BCUT2D eigenvalue weighted by atomic mass is 9.78. The molecule has 1 N–H and O–H groups in total. The standard InChI is InChI=1S/C62H59N3O/c1-37(2)51-34-45-35-52(59(51)66)60-64-58-50(46-31-47(33-48(32-46)61(5,6)7)54-36-42(27-28-63-54)40-17-12-11-13-18-40)22-16-24-56(58)65(60)55-26-25-44(29-38(55)3)57-49(21-15-23-53(57)62(8,9)10)43-20-14-19-41(30-43)39(45)4/h11-37,39,66H,1-10H3/i3D3,11D,12D,13D,17D,18D. The molecule has 11 rings (SSSR count). The maximum Gasteiger partial charge on any atom is 0.149 e. The Bertz CT molecular complexity index is 3730. The Morgan fingerprint density at radius 2 is 1.41 bits per heavy atom. The summed E-state index contributed by atoms with van der Waals surface area (Å²) in [4.78, 5) is 10.3. The third kappa shape index (κ3) is 7.53. The monoisotopic (exact) mass is 870 g/mol. The van der Waals surface area contributed by atoms with Gasteiger partial charge in [0.1, 0.15) is 11.6 Å². The fraction of sp³-hybridized carbons (Fsp3) is 0.226.